The monoisotopic (exact) mass is 1180 g/mol. The number of quaternary nitrogens is 1. The Labute approximate surface area is 513 Å². The third-order valence-corrected chi connectivity index (χ3v) is 13.6. The number of phosphoric ester groups is 1. The van der Waals surface area contributed by atoms with E-state index in [1.165, 1.54) is 0 Å². The van der Waals surface area contributed by atoms with Crippen LogP contribution in [0.2, 0.25) is 0 Å². The van der Waals surface area contributed by atoms with Crippen LogP contribution in [0.15, 0.2) is 194 Å². The zero-order chi connectivity index (χ0) is 61.2. The molecule has 0 aliphatic rings. The summed E-state index contributed by atoms with van der Waals surface area (Å²) >= 11 is 0. The molecule has 0 saturated carbocycles. The van der Waals surface area contributed by atoms with Crippen LogP contribution in [-0.4, -0.2) is 70.0 Å². The van der Waals surface area contributed by atoms with Crippen molar-refractivity contribution in [2.24, 2.45) is 0 Å². The number of carbonyl (C=O) groups is 2. The molecule has 0 aromatic carbocycles. The maximum atomic E-state index is 12.8. The topological polar surface area (TPSA) is 111 Å². The van der Waals surface area contributed by atoms with Gasteiger partial charge in [-0.25, -0.2) is 0 Å². The van der Waals surface area contributed by atoms with Gasteiger partial charge >= 0.3 is 11.9 Å². The second kappa shape index (κ2) is 62.4. The summed E-state index contributed by atoms with van der Waals surface area (Å²) in [5.74, 6) is -0.895. The maximum absolute atomic E-state index is 12.8. The lowest BCUT2D eigenvalue weighted by Gasteiger charge is -2.28. The number of nitrogens with zero attached hydrogens (tertiary/aromatic N) is 1. The van der Waals surface area contributed by atoms with E-state index < -0.39 is 32.5 Å². The number of allylic oxidation sites excluding steroid dienone is 32. The summed E-state index contributed by atoms with van der Waals surface area (Å²) in [6.45, 7) is 3.93. The number of ether oxygens (including phenoxy) is 2. The quantitative estimate of drug-likeness (QED) is 0.0195. The molecule has 9 nitrogen and oxygen atoms in total. The molecule has 0 spiro atoms. The lowest BCUT2D eigenvalue weighted by molar-refractivity contribution is -0.870. The first kappa shape index (κ1) is 78.8. The van der Waals surface area contributed by atoms with Crippen molar-refractivity contribution in [3.63, 3.8) is 0 Å². The lowest BCUT2D eigenvalue weighted by Crippen LogP contribution is -2.37. The standard InChI is InChI=1S/C74H116NO8P/c1-6-8-10-12-14-16-18-20-22-24-26-28-29-30-31-32-33-34-35-36-37-38-39-40-41-42-43-44-45-47-49-51-53-55-57-59-61-63-65-67-74(77)83-72(71-82-84(78,79)81-69-68-75(3,4)5)70-80-73(76)66-64-62-60-58-56-54-52-50-48-46-27-25-23-21-19-17-15-13-11-9-7-2/h8-11,14-17,20-23,26-28,30-31,33-34,36-37,39-40,42-43,45-47,50-53,72H,6-7,12-13,18-19,24-25,29,32,35,38,41,44,48-49,54-71H2,1-5H3/b10-8-,11-9-,16-14-,17-15-,22-20-,23-21-,28-26-,31-30-,34-33-,37-36-,40-39-,43-42-,46-27-,47-45-,52-50-,53-51-. The van der Waals surface area contributed by atoms with Gasteiger partial charge in [0.1, 0.15) is 19.8 Å². The molecule has 0 amide bonds. The number of hydrogen-bond acceptors (Lipinski definition) is 8. The Balaban J connectivity index is 4.24. The van der Waals surface area contributed by atoms with Crippen LogP contribution in [0.1, 0.15) is 206 Å². The normalized spacial score (nSPS) is 14.5. The van der Waals surface area contributed by atoms with Gasteiger partial charge in [0, 0.05) is 12.8 Å². The molecule has 0 fully saturated rings. The highest BCUT2D eigenvalue weighted by molar-refractivity contribution is 7.45. The van der Waals surface area contributed by atoms with Crippen molar-refractivity contribution < 1.29 is 42.1 Å². The van der Waals surface area contributed by atoms with Crippen LogP contribution < -0.4 is 4.89 Å². The van der Waals surface area contributed by atoms with E-state index in [0.717, 1.165) is 167 Å². The Kier molecular flexibility index (Phi) is 58.6. The van der Waals surface area contributed by atoms with Crippen LogP contribution in [0.25, 0.3) is 0 Å². The summed E-state index contributed by atoms with van der Waals surface area (Å²) in [7, 11) is 1.11. The van der Waals surface area contributed by atoms with E-state index in [0.29, 0.717) is 23.9 Å². The van der Waals surface area contributed by atoms with Gasteiger partial charge in [-0.2, -0.15) is 0 Å². The zero-order valence-electron chi connectivity index (χ0n) is 53.3. The van der Waals surface area contributed by atoms with Crippen molar-refractivity contribution in [3.05, 3.63) is 194 Å². The molecule has 84 heavy (non-hydrogen) atoms. The molecule has 470 valence electrons. The SMILES string of the molecule is CC/C=C\C/C=C\C/C=C\C/C=C\C/C=C\C/C=C\C/C=C\C/C=C\C/C=C\C/C=C\C/C=C\CCCCCCCC(=O)OC(COC(=O)CCCCCCC/C=C\C/C=C\C/C=C\C/C=C\C/C=C\CC)COP(=O)([O-])OCC[N+](C)(C)C. The third kappa shape index (κ3) is 66.0. The van der Waals surface area contributed by atoms with Crippen LogP contribution in [0.5, 0.6) is 0 Å². The van der Waals surface area contributed by atoms with Crippen LogP contribution in [0.4, 0.5) is 0 Å². The summed E-state index contributed by atoms with van der Waals surface area (Å²) in [4.78, 5) is 37.9. The summed E-state index contributed by atoms with van der Waals surface area (Å²) in [6.07, 6.45) is 97.7. The number of carbonyl (C=O) groups excluding carboxylic acids is 2. The van der Waals surface area contributed by atoms with Gasteiger partial charge in [-0.15, -0.1) is 0 Å². The number of likely N-dealkylation sites (N-methyl/N-ethyl adjacent to an activating group) is 1. The number of unbranched alkanes of at least 4 members (excludes halogenated alkanes) is 10. The van der Waals surface area contributed by atoms with Gasteiger partial charge in [-0.3, -0.25) is 14.2 Å². The van der Waals surface area contributed by atoms with Gasteiger partial charge in [0.15, 0.2) is 6.10 Å². The van der Waals surface area contributed by atoms with E-state index in [2.05, 4.69) is 208 Å². The number of rotatable bonds is 56. The molecule has 0 heterocycles. The number of esters is 2. The molecule has 0 radical (unpaired) electrons. The van der Waals surface area contributed by atoms with Gasteiger partial charge in [0.25, 0.3) is 7.82 Å². The fraction of sp³-hybridized carbons (Fsp3) is 0.541. The van der Waals surface area contributed by atoms with Gasteiger partial charge < -0.3 is 27.9 Å². The molecule has 0 aromatic rings. The molecule has 2 atom stereocenters. The fourth-order valence-corrected chi connectivity index (χ4v) is 8.47. The number of hydrogen-bond donors (Lipinski definition) is 0. The third-order valence-electron chi connectivity index (χ3n) is 12.6. The smallest absolute Gasteiger partial charge is 0.306 e. The van der Waals surface area contributed by atoms with E-state index in [1.807, 2.05) is 21.1 Å². The minimum atomic E-state index is -4.67. The van der Waals surface area contributed by atoms with Crippen molar-refractivity contribution >= 4 is 19.8 Å². The first-order valence-corrected chi connectivity index (χ1v) is 33.6. The molecule has 0 aliphatic carbocycles. The predicted molar refractivity (Wildman–Crippen MR) is 359 cm³/mol. The highest BCUT2D eigenvalue weighted by atomic mass is 31.2. The van der Waals surface area contributed by atoms with Gasteiger partial charge in [-0.1, -0.05) is 247 Å². The zero-order valence-corrected chi connectivity index (χ0v) is 54.1. The van der Waals surface area contributed by atoms with Crippen molar-refractivity contribution in [3.8, 4) is 0 Å². The molecule has 0 aromatic heterocycles. The van der Waals surface area contributed by atoms with E-state index in [1.54, 1.807) is 0 Å². The highest BCUT2D eigenvalue weighted by Gasteiger charge is 2.22. The van der Waals surface area contributed by atoms with E-state index >= 15 is 0 Å². The van der Waals surface area contributed by atoms with Gasteiger partial charge in [0.2, 0.25) is 0 Å². The fourth-order valence-electron chi connectivity index (χ4n) is 7.74. The molecule has 0 bridgehead atoms. The summed E-state index contributed by atoms with van der Waals surface area (Å²) in [6, 6.07) is 0. The molecule has 2 unspecified atom stereocenters. The van der Waals surface area contributed by atoms with Crippen molar-refractivity contribution in [1.29, 1.82) is 0 Å². The molecular formula is C74H116NO8P. The molecule has 0 saturated heterocycles. The Hall–Kier alpha value is -5.15. The van der Waals surface area contributed by atoms with Crippen molar-refractivity contribution in [1.82, 2.24) is 0 Å². The summed E-state index contributed by atoms with van der Waals surface area (Å²) < 4.78 is 34.2. The maximum Gasteiger partial charge on any atom is 0.306 e. The molecular weight excluding hydrogens is 1060 g/mol. The Morgan fingerprint density at radius 2 is 0.643 bits per heavy atom. The molecule has 10 heteroatoms. The van der Waals surface area contributed by atoms with Crippen molar-refractivity contribution in [2.75, 3.05) is 47.5 Å². The highest BCUT2D eigenvalue weighted by Crippen LogP contribution is 2.38. The van der Waals surface area contributed by atoms with Crippen molar-refractivity contribution in [2.45, 2.75) is 213 Å². The molecule has 0 rings (SSSR count). The van der Waals surface area contributed by atoms with Crippen LogP contribution >= 0.6 is 7.82 Å². The van der Waals surface area contributed by atoms with E-state index in [9.17, 15) is 19.0 Å². The van der Waals surface area contributed by atoms with Crippen LogP contribution in [0.3, 0.4) is 0 Å². The second-order valence-electron chi connectivity index (χ2n) is 21.7. The first-order chi connectivity index (χ1) is 41.0. The first-order valence-electron chi connectivity index (χ1n) is 32.1. The van der Waals surface area contributed by atoms with E-state index in [4.69, 9.17) is 18.5 Å². The van der Waals surface area contributed by atoms with Crippen LogP contribution in [0, 0.1) is 0 Å². The Morgan fingerprint density at radius 3 is 0.952 bits per heavy atom. The summed E-state index contributed by atoms with van der Waals surface area (Å²) in [5.41, 5.74) is 0. The minimum absolute atomic E-state index is 0.0501. The minimum Gasteiger partial charge on any atom is -0.756 e. The number of phosphoric acid groups is 1. The van der Waals surface area contributed by atoms with Gasteiger partial charge in [0.05, 0.1) is 27.7 Å². The lowest BCUT2D eigenvalue weighted by atomic mass is 10.1. The predicted octanol–water partition coefficient (Wildman–Crippen LogP) is 20.3. The molecule has 0 aliphatic heterocycles. The van der Waals surface area contributed by atoms with E-state index in [-0.39, 0.29) is 26.1 Å². The Morgan fingerprint density at radius 1 is 0.369 bits per heavy atom. The average molecular weight is 1180 g/mol. The largest absolute Gasteiger partial charge is 0.756 e. The summed E-state index contributed by atoms with van der Waals surface area (Å²) in [5, 5.41) is 0. The van der Waals surface area contributed by atoms with Gasteiger partial charge in [-0.05, 0) is 141 Å². The average Bonchev–Trinajstić information content (AvgIpc) is 3.61. The van der Waals surface area contributed by atoms with Crippen LogP contribution in [-0.2, 0) is 32.7 Å². The molecule has 0 N–H and O–H groups in total. The second-order valence-corrected chi connectivity index (χ2v) is 23.1. The Bertz CT molecular complexity index is 2120.